The minimum atomic E-state index is -0.556. The molecule has 0 aliphatic rings. The highest BCUT2D eigenvalue weighted by atomic mass is 16.5. The molecule has 2 aromatic carbocycles. The van der Waals surface area contributed by atoms with Crippen molar-refractivity contribution in [3.63, 3.8) is 0 Å². The van der Waals surface area contributed by atoms with Crippen molar-refractivity contribution >= 4 is 11.8 Å². The molecule has 0 heterocycles. The Morgan fingerprint density at radius 3 is 2.35 bits per heavy atom. The molecule has 0 bridgehead atoms. The number of benzene rings is 2. The average Bonchev–Trinajstić information content (AvgIpc) is 2.71. The topological polar surface area (TPSA) is 58.6 Å². The van der Waals surface area contributed by atoms with Crippen molar-refractivity contribution in [2.75, 3.05) is 6.61 Å². The van der Waals surface area contributed by atoms with Crippen molar-refractivity contribution in [1.82, 2.24) is 10.2 Å². The van der Waals surface area contributed by atoms with Gasteiger partial charge in [-0.05, 0) is 50.3 Å². The van der Waals surface area contributed by atoms with Gasteiger partial charge in [0.15, 0.2) is 6.61 Å². The van der Waals surface area contributed by atoms with Crippen molar-refractivity contribution in [2.24, 2.45) is 0 Å². The number of nitrogens with zero attached hydrogens (tertiary/aromatic N) is 1. The number of hydrogen-bond acceptors (Lipinski definition) is 3. The van der Waals surface area contributed by atoms with Gasteiger partial charge in [-0.3, -0.25) is 9.59 Å². The molecule has 168 valence electrons. The van der Waals surface area contributed by atoms with Crippen molar-refractivity contribution in [3.05, 3.63) is 65.2 Å². The lowest BCUT2D eigenvalue weighted by atomic mass is 10.0. The number of ether oxygens (including phenoxy) is 1. The van der Waals surface area contributed by atoms with Gasteiger partial charge in [-0.15, -0.1) is 0 Å². The fraction of sp³-hybridized carbons (Fsp3) is 0.462. The normalized spacial score (nSPS) is 12.0. The Hall–Kier alpha value is -2.82. The van der Waals surface area contributed by atoms with E-state index in [2.05, 4.69) is 19.2 Å². The molecule has 0 radical (unpaired) electrons. The fourth-order valence-electron chi connectivity index (χ4n) is 3.62. The van der Waals surface area contributed by atoms with Crippen LogP contribution in [0.1, 0.15) is 63.6 Å². The van der Waals surface area contributed by atoms with Crippen LogP contribution in [0.3, 0.4) is 0 Å². The zero-order valence-electron chi connectivity index (χ0n) is 19.6. The Morgan fingerprint density at radius 1 is 1.03 bits per heavy atom. The van der Waals surface area contributed by atoms with Gasteiger partial charge in [0, 0.05) is 12.6 Å². The molecule has 1 atom stereocenters. The molecule has 0 spiro atoms. The minimum Gasteiger partial charge on any atom is -0.483 e. The molecule has 5 heteroatoms. The van der Waals surface area contributed by atoms with Gasteiger partial charge in [-0.2, -0.15) is 0 Å². The summed E-state index contributed by atoms with van der Waals surface area (Å²) in [6.45, 7) is 12.2. The van der Waals surface area contributed by atoms with E-state index in [4.69, 9.17) is 4.74 Å². The van der Waals surface area contributed by atoms with Gasteiger partial charge in [-0.25, -0.2) is 0 Å². The Morgan fingerprint density at radius 2 is 1.74 bits per heavy atom. The van der Waals surface area contributed by atoms with Crippen LogP contribution < -0.4 is 10.1 Å². The zero-order valence-corrected chi connectivity index (χ0v) is 19.6. The van der Waals surface area contributed by atoms with Crippen LogP contribution in [0.2, 0.25) is 0 Å². The Kier molecular flexibility index (Phi) is 9.10. The van der Waals surface area contributed by atoms with Crippen LogP contribution >= 0.6 is 0 Å². The second kappa shape index (κ2) is 11.5. The summed E-state index contributed by atoms with van der Waals surface area (Å²) in [6.07, 6.45) is 0.526. The lowest BCUT2D eigenvalue weighted by Crippen LogP contribution is -2.51. The van der Waals surface area contributed by atoms with Crippen LogP contribution in [-0.2, 0) is 16.1 Å². The summed E-state index contributed by atoms with van der Waals surface area (Å²) in [5.41, 5.74) is 3.17. The molecule has 2 rings (SSSR count). The monoisotopic (exact) mass is 424 g/mol. The first-order chi connectivity index (χ1) is 14.7. The molecule has 1 N–H and O–H groups in total. The number of nitrogens with one attached hydrogen (secondary N) is 1. The van der Waals surface area contributed by atoms with Crippen molar-refractivity contribution in [3.8, 4) is 5.75 Å². The van der Waals surface area contributed by atoms with E-state index in [-0.39, 0.29) is 30.4 Å². The van der Waals surface area contributed by atoms with E-state index >= 15 is 0 Å². The van der Waals surface area contributed by atoms with Crippen LogP contribution in [0.25, 0.3) is 0 Å². The van der Waals surface area contributed by atoms with Gasteiger partial charge < -0.3 is 15.0 Å². The molecule has 31 heavy (non-hydrogen) atoms. The van der Waals surface area contributed by atoms with Crippen LogP contribution in [0, 0.1) is 6.92 Å². The first-order valence-corrected chi connectivity index (χ1v) is 11.1. The van der Waals surface area contributed by atoms with E-state index in [0.717, 1.165) is 16.7 Å². The molecule has 0 aliphatic heterocycles. The molecular weight excluding hydrogens is 388 g/mol. The van der Waals surface area contributed by atoms with Crippen molar-refractivity contribution < 1.29 is 14.3 Å². The Bertz CT molecular complexity index is 876. The molecule has 5 nitrogen and oxygen atoms in total. The first-order valence-electron chi connectivity index (χ1n) is 11.1. The molecule has 2 aromatic rings. The summed E-state index contributed by atoms with van der Waals surface area (Å²) in [5, 5.41) is 2.95. The average molecular weight is 425 g/mol. The van der Waals surface area contributed by atoms with Gasteiger partial charge in [0.1, 0.15) is 11.8 Å². The number of hydrogen-bond donors (Lipinski definition) is 1. The number of para-hydroxylation sites is 1. The maximum Gasteiger partial charge on any atom is 0.261 e. The van der Waals surface area contributed by atoms with E-state index in [9.17, 15) is 9.59 Å². The summed E-state index contributed by atoms with van der Waals surface area (Å²) < 4.78 is 5.94. The van der Waals surface area contributed by atoms with Gasteiger partial charge in [0.2, 0.25) is 5.91 Å². The van der Waals surface area contributed by atoms with Crippen molar-refractivity contribution in [2.45, 2.75) is 72.5 Å². The molecule has 0 fully saturated rings. The lowest BCUT2D eigenvalue weighted by molar-refractivity contribution is -0.143. The molecule has 0 saturated heterocycles. The highest BCUT2D eigenvalue weighted by Crippen LogP contribution is 2.26. The van der Waals surface area contributed by atoms with Crippen LogP contribution in [0.4, 0.5) is 0 Å². The number of aryl methyl sites for hydroxylation is 1. The van der Waals surface area contributed by atoms with Gasteiger partial charge >= 0.3 is 0 Å². The number of rotatable bonds is 10. The maximum absolute atomic E-state index is 13.3. The Labute approximate surface area is 186 Å². The van der Waals surface area contributed by atoms with Crippen LogP contribution in [-0.4, -0.2) is 35.4 Å². The summed E-state index contributed by atoms with van der Waals surface area (Å²) >= 11 is 0. The smallest absolute Gasteiger partial charge is 0.261 e. The highest BCUT2D eigenvalue weighted by molar-refractivity contribution is 5.88. The van der Waals surface area contributed by atoms with Crippen molar-refractivity contribution in [1.29, 1.82) is 0 Å². The van der Waals surface area contributed by atoms with Gasteiger partial charge in [-0.1, -0.05) is 68.8 Å². The SMILES string of the molecule is CC[C@H](C(=O)NC(C)C)N(Cc1cccc(C)c1)C(=O)COc1ccccc1C(C)C. The third-order valence-electron chi connectivity index (χ3n) is 5.14. The second-order valence-corrected chi connectivity index (χ2v) is 8.58. The lowest BCUT2D eigenvalue weighted by Gasteiger charge is -2.31. The van der Waals surface area contributed by atoms with Crippen LogP contribution in [0.15, 0.2) is 48.5 Å². The van der Waals surface area contributed by atoms with Gasteiger partial charge in [0.25, 0.3) is 5.91 Å². The standard InChI is InChI=1S/C26H36N2O3/c1-7-23(26(30)27-19(4)5)28(16-21-12-10-11-20(6)15-21)25(29)17-31-24-14-9-8-13-22(24)18(2)3/h8-15,18-19,23H,7,16-17H2,1-6H3,(H,27,30)/t23-/m1/s1. The van der Waals surface area contributed by atoms with E-state index in [0.29, 0.717) is 18.7 Å². The number of carbonyl (C=O) groups is 2. The van der Waals surface area contributed by atoms with E-state index in [1.807, 2.05) is 76.2 Å². The molecule has 0 aromatic heterocycles. The first kappa shape index (κ1) is 24.4. The quantitative estimate of drug-likeness (QED) is 0.594. The largest absolute Gasteiger partial charge is 0.483 e. The second-order valence-electron chi connectivity index (χ2n) is 8.58. The number of amides is 2. The Balaban J connectivity index is 2.25. The summed E-state index contributed by atoms with van der Waals surface area (Å²) in [5.74, 6) is 0.655. The summed E-state index contributed by atoms with van der Waals surface area (Å²) in [4.78, 5) is 27.8. The molecular formula is C26H36N2O3. The molecule has 0 saturated carbocycles. The van der Waals surface area contributed by atoms with E-state index in [1.165, 1.54) is 0 Å². The third kappa shape index (κ3) is 7.12. The summed E-state index contributed by atoms with van der Waals surface area (Å²) in [7, 11) is 0. The fourth-order valence-corrected chi connectivity index (χ4v) is 3.62. The van der Waals surface area contributed by atoms with Gasteiger partial charge in [0.05, 0.1) is 0 Å². The maximum atomic E-state index is 13.3. The third-order valence-corrected chi connectivity index (χ3v) is 5.14. The summed E-state index contributed by atoms with van der Waals surface area (Å²) in [6, 6.07) is 15.2. The zero-order chi connectivity index (χ0) is 23.0. The molecule has 0 unspecified atom stereocenters. The van der Waals surface area contributed by atoms with E-state index in [1.54, 1.807) is 4.90 Å². The molecule has 2 amide bonds. The molecule has 0 aliphatic carbocycles. The predicted octanol–water partition coefficient (Wildman–Crippen LogP) is 4.83. The highest BCUT2D eigenvalue weighted by Gasteiger charge is 2.29. The predicted molar refractivity (Wildman–Crippen MR) is 125 cm³/mol. The minimum absolute atomic E-state index is 0.00615. The van der Waals surface area contributed by atoms with Crippen LogP contribution in [0.5, 0.6) is 5.75 Å². The van der Waals surface area contributed by atoms with E-state index < -0.39 is 6.04 Å². The number of carbonyl (C=O) groups excluding carboxylic acids is 2.